The Morgan fingerprint density at radius 2 is 1.59 bits per heavy atom. The quantitative estimate of drug-likeness (QED) is 0.366. The maximum Gasteiger partial charge on any atom is 0.573 e. The highest BCUT2D eigenvalue weighted by Gasteiger charge is 2.36. The molecule has 0 fully saturated rings. The van der Waals surface area contributed by atoms with Gasteiger partial charge in [0, 0.05) is 17.3 Å². The summed E-state index contributed by atoms with van der Waals surface area (Å²) in [6, 6.07) is 5.70. The van der Waals surface area contributed by atoms with Gasteiger partial charge in [0.2, 0.25) is 0 Å². The molecule has 0 radical (unpaired) electrons. The van der Waals surface area contributed by atoms with Crippen LogP contribution in [0.5, 0.6) is 5.75 Å². The standard InChI is InChI=1S/C13H6F6INO/c14-12(15,16)9-6-21-11(20)5-8(9)7-3-1-2-4-10(7)22-13(17,18)19/h1-6H. The summed E-state index contributed by atoms with van der Waals surface area (Å²) in [7, 11) is 0. The van der Waals surface area contributed by atoms with Crippen LogP contribution in [0.1, 0.15) is 5.56 Å². The van der Waals surface area contributed by atoms with Crippen LogP contribution in [0.25, 0.3) is 11.1 Å². The molecule has 1 heterocycles. The number of rotatable bonds is 2. The van der Waals surface area contributed by atoms with E-state index in [1.807, 2.05) is 0 Å². The van der Waals surface area contributed by atoms with Crippen molar-refractivity contribution in [3.8, 4) is 16.9 Å². The monoisotopic (exact) mass is 433 g/mol. The summed E-state index contributed by atoms with van der Waals surface area (Å²) in [5.74, 6) is -0.706. The minimum absolute atomic E-state index is 0.211. The van der Waals surface area contributed by atoms with Crippen LogP contribution in [-0.2, 0) is 6.18 Å². The Hall–Kier alpha value is -1.52. The zero-order chi connectivity index (χ0) is 16.5. The molecule has 2 aromatic rings. The maximum absolute atomic E-state index is 13.0. The SMILES string of the molecule is FC(F)(F)Oc1ccccc1-c1cc(I)ncc1C(F)(F)F. The first-order valence-electron chi connectivity index (χ1n) is 5.66. The smallest absolute Gasteiger partial charge is 0.405 e. The van der Waals surface area contributed by atoms with Gasteiger partial charge >= 0.3 is 12.5 Å². The highest BCUT2D eigenvalue weighted by atomic mass is 127. The molecule has 0 aliphatic carbocycles. The van der Waals surface area contributed by atoms with E-state index in [9.17, 15) is 26.3 Å². The first-order valence-corrected chi connectivity index (χ1v) is 6.74. The fraction of sp³-hybridized carbons (Fsp3) is 0.154. The van der Waals surface area contributed by atoms with Gasteiger partial charge in [0.05, 0.1) is 5.56 Å². The molecule has 0 amide bonds. The second kappa shape index (κ2) is 5.94. The molecule has 1 aromatic carbocycles. The van der Waals surface area contributed by atoms with Crippen molar-refractivity contribution in [3.05, 3.63) is 45.8 Å². The van der Waals surface area contributed by atoms with E-state index in [4.69, 9.17) is 0 Å². The Balaban J connectivity index is 2.65. The normalized spacial score (nSPS) is 12.3. The van der Waals surface area contributed by atoms with Crippen LogP contribution in [-0.4, -0.2) is 11.3 Å². The molecular weight excluding hydrogens is 427 g/mol. The molecule has 2 nitrogen and oxygen atoms in total. The largest absolute Gasteiger partial charge is 0.573 e. The van der Waals surface area contributed by atoms with Gasteiger partial charge in [0.25, 0.3) is 0 Å². The number of hydrogen-bond donors (Lipinski definition) is 0. The van der Waals surface area contributed by atoms with E-state index in [1.165, 1.54) is 12.1 Å². The zero-order valence-corrected chi connectivity index (χ0v) is 12.6. The summed E-state index contributed by atoms with van der Waals surface area (Å²) < 4.78 is 80.3. The van der Waals surface area contributed by atoms with E-state index >= 15 is 0 Å². The molecular formula is C13H6F6INO. The number of benzene rings is 1. The molecule has 0 atom stereocenters. The molecule has 0 aliphatic rings. The van der Waals surface area contributed by atoms with Crippen LogP contribution < -0.4 is 4.74 Å². The van der Waals surface area contributed by atoms with E-state index in [-0.39, 0.29) is 9.26 Å². The second-order valence-corrected chi connectivity index (χ2v) is 5.20. The highest BCUT2D eigenvalue weighted by molar-refractivity contribution is 14.1. The number of nitrogens with zero attached hydrogens (tertiary/aromatic N) is 1. The van der Waals surface area contributed by atoms with Gasteiger partial charge in [-0.2, -0.15) is 13.2 Å². The topological polar surface area (TPSA) is 22.1 Å². The number of aromatic nitrogens is 1. The second-order valence-electron chi connectivity index (χ2n) is 4.09. The van der Waals surface area contributed by atoms with E-state index in [0.29, 0.717) is 6.20 Å². The van der Waals surface area contributed by atoms with Crippen molar-refractivity contribution in [1.82, 2.24) is 4.98 Å². The lowest BCUT2D eigenvalue weighted by Crippen LogP contribution is -2.18. The Bertz CT molecular complexity index is 683. The molecule has 9 heteroatoms. The van der Waals surface area contributed by atoms with Crippen molar-refractivity contribution in [3.63, 3.8) is 0 Å². The molecule has 118 valence electrons. The van der Waals surface area contributed by atoms with Crippen molar-refractivity contribution in [1.29, 1.82) is 0 Å². The maximum atomic E-state index is 13.0. The molecule has 2 rings (SSSR count). The lowest BCUT2D eigenvalue weighted by atomic mass is 10.0. The molecule has 0 N–H and O–H groups in total. The third kappa shape index (κ3) is 4.02. The number of hydrogen-bond acceptors (Lipinski definition) is 2. The van der Waals surface area contributed by atoms with Gasteiger partial charge in [-0.1, -0.05) is 18.2 Å². The molecule has 0 bridgehead atoms. The third-order valence-electron chi connectivity index (χ3n) is 2.58. The van der Waals surface area contributed by atoms with Gasteiger partial charge in [-0.25, -0.2) is 4.98 Å². The third-order valence-corrected chi connectivity index (χ3v) is 3.17. The number of alkyl halides is 6. The summed E-state index contributed by atoms with van der Waals surface area (Å²) in [5, 5.41) is 0. The lowest BCUT2D eigenvalue weighted by molar-refractivity contribution is -0.274. The number of ether oxygens (including phenoxy) is 1. The Kier molecular flexibility index (Phi) is 4.54. The van der Waals surface area contributed by atoms with Crippen LogP contribution in [0, 0.1) is 3.70 Å². The van der Waals surface area contributed by atoms with E-state index < -0.39 is 29.4 Å². The van der Waals surface area contributed by atoms with Gasteiger partial charge in [0.15, 0.2) is 0 Å². The summed E-state index contributed by atoms with van der Waals surface area (Å²) in [4.78, 5) is 3.54. The van der Waals surface area contributed by atoms with Crippen LogP contribution in [0.3, 0.4) is 0 Å². The summed E-state index contributed by atoms with van der Waals surface area (Å²) in [6.45, 7) is 0. The number of para-hydroxylation sites is 1. The van der Waals surface area contributed by atoms with Crippen LogP contribution in [0.15, 0.2) is 36.5 Å². The molecule has 0 unspecified atom stereocenters. The Morgan fingerprint density at radius 3 is 2.18 bits per heavy atom. The highest BCUT2D eigenvalue weighted by Crippen LogP contribution is 2.41. The van der Waals surface area contributed by atoms with Crippen LogP contribution >= 0.6 is 22.6 Å². The summed E-state index contributed by atoms with van der Waals surface area (Å²) in [6.07, 6.45) is -9.17. The first kappa shape index (κ1) is 16.8. The van der Waals surface area contributed by atoms with E-state index in [0.717, 1.165) is 18.2 Å². The van der Waals surface area contributed by atoms with Gasteiger partial charge < -0.3 is 4.74 Å². The Morgan fingerprint density at radius 1 is 0.955 bits per heavy atom. The first-order chi connectivity index (χ1) is 10.1. The van der Waals surface area contributed by atoms with Crippen molar-refractivity contribution in [2.45, 2.75) is 12.5 Å². The minimum Gasteiger partial charge on any atom is -0.405 e. The fourth-order valence-corrected chi connectivity index (χ4v) is 2.23. The van der Waals surface area contributed by atoms with Crippen LogP contribution in [0.2, 0.25) is 0 Å². The van der Waals surface area contributed by atoms with Crippen molar-refractivity contribution in [2.24, 2.45) is 0 Å². The Labute approximate surface area is 134 Å². The molecule has 22 heavy (non-hydrogen) atoms. The minimum atomic E-state index is -5.01. The average Bonchev–Trinajstić information content (AvgIpc) is 2.35. The number of halogens is 7. The summed E-state index contributed by atoms with van der Waals surface area (Å²) in [5.41, 5.74) is -1.87. The van der Waals surface area contributed by atoms with E-state index in [1.54, 1.807) is 22.6 Å². The molecule has 1 aromatic heterocycles. The fourth-order valence-electron chi connectivity index (χ4n) is 1.78. The van der Waals surface area contributed by atoms with Crippen molar-refractivity contribution < 1.29 is 31.1 Å². The molecule has 0 spiro atoms. The molecule has 0 aliphatic heterocycles. The lowest BCUT2D eigenvalue weighted by Gasteiger charge is -2.17. The van der Waals surface area contributed by atoms with Crippen molar-refractivity contribution in [2.75, 3.05) is 0 Å². The molecule has 0 saturated heterocycles. The van der Waals surface area contributed by atoms with Gasteiger partial charge in [-0.15, -0.1) is 13.2 Å². The van der Waals surface area contributed by atoms with Crippen LogP contribution in [0.4, 0.5) is 26.3 Å². The number of pyridine rings is 1. The molecule has 0 saturated carbocycles. The van der Waals surface area contributed by atoms with Gasteiger partial charge in [0.1, 0.15) is 9.45 Å². The van der Waals surface area contributed by atoms with Gasteiger partial charge in [-0.3, -0.25) is 0 Å². The van der Waals surface area contributed by atoms with Gasteiger partial charge in [-0.05, 0) is 34.7 Å². The van der Waals surface area contributed by atoms with Crippen molar-refractivity contribution >= 4 is 22.6 Å². The van der Waals surface area contributed by atoms with E-state index in [2.05, 4.69) is 9.72 Å². The zero-order valence-electron chi connectivity index (χ0n) is 10.5. The summed E-state index contributed by atoms with van der Waals surface area (Å²) >= 11 is 1.68. The predicted molar refractivity (Wildman–Crippen MR) is 74.1 cm³/mol. The predicted octanol–water partition coefficient (Wildman–Crippen LogP) is 5.27. The average molecular weight is 433 g/mol.